The van der Waals surface area contributed by atoms with E-state index in [0.717, 1.165) is 24.8 Å². The monoisotopic (exact) mass is 191 g/mol. The van der Waals surface area contributed by atoms with Gasteiger partial charge in [0.2, 0.25) is 0 Å². The first-order valence-electron chi connectivity index (χ1n) is 5.23. The molecule has 1 fully saturated rings. The summed E-state index contributed by atoms with van der Waals surface area (Å²) in [6.07, 6.45) is 3.36. The zero-order valence-corrected chi connectivity index (χ0v) is 8.32. The lowest BCUT2D eigenvalue weighted by molar-refractivity contribution is 0.0866. The molecule has 1 aliphatic rings. The Kier molecular flexibility index (Phi) is 2.57. The Morgan fingerprint density at radius 3 is 2.64 bits per heavy atom. The third-order valence-electron chi connectivity index (χ3n) is 3.11. The van der Waals surface area contributed by atoms with Gasteiger partial charge in [0, 0.05) is 5.54 Å². The summed E-state index contributed by atoms with van der Waals surface area (Å²) in [5.74, 6) is 0. The van der Waals surface area contributed by atoms with Crippen LogP contribution in [0.2, 0.25) is 0 Å². The van der Waals surface area contributed by atoms with Crippen LogP contribution in [0, 0.1) is 0 Å². The van der Waals surface area contributed by atoms with Crippen LogP contribution in [0.1, 0.15) is 31.2 Å². The van der Waals surface area contributed by atoms with Crippen molar-refractivity contribution in [1.29, 1.82) is 0 Å². The molecule has 0 saturated heterocycles. The van der Waals surface area contributed by atoms with Crippen LogP contribution < -0.4 is 5.73 Å². The van der Waals surface area contributed by atoms with Gasteiger partial charge in [0.25, 0.3) is 0 Å². The van der Waals surface area contributed by atoms with Crippen LogP contribution in [0.25, 0.3) is 0 Å². The highest BCUT2D eigenvalue weighted by Gasteiger charge is 2.33. The van der Waals surface area contributed by atoms with E-state index in [0.29, 0.717) is 6.42 Å². The highest BCUT2D eigenvalue weighted by Crippen LogP contribution is 2.34. The fourth-order valence-corrected chi connectivity index (χ4v) is 2.31. The number of aliphatic hydroxyl groups is 1. The van der Waals surface area contributed by atoms with Crippen molar-refractivity contribution in [1.82, 2.24) is 0 Å². The molecule has 2 heteroatoms. The summed E-state index contributed by atoms with van der Waals surface area (Å²) in [5, 5.41) is 9.63. The van der Waals surface area contributed by atoms with Crippen LogP contribution in [0.4, 0.5) is 0 Å². The molecule has 1 aromatic carbocycles. The molecule has 1 aromatic rings. The van der Waals surface area contributed by atoms with Crippen molar-refractivity contribution >= 4 is 0 Å². The van der Waals surface area contributed by atoms with E-state index in [1.807, 2.05) is 18.2 Å². The summed E-state index contributed by atoms with van der Waals surface area (Å²) in [4.78, 5) is 0. The molecule has 76 valence electrons. The summed E-state index contributed by atoms with van der Waals surface area (Å²) in [6.45, 7) is 0. The molecule has 2 atom stereocenters. The van der Waals surface area contributed by atoms with Crippen molar-refractivity contribution in [3.8, 4) is 0 Å². The number of nitrogens with two attached hydrogens (primary N) is 1. The Balaban J connectivity index is 2.23. The molecule has 0 heterocycles. The molecule has 3 N–H and O–H groups in total. The van der Waals surface area contributed by atoms with E-state index in [9.17, 15) is 5.11 Å². The van der Waals surface area contributed by atoms with Crippen LogP contribution in [0.15, 0.2) is 30.3 Å². The van der Waals surface area contributed by atoms with Crippen LogP contribution in [0.3, 0.4) is 0 Å². The smallest absolute Gasteiger partial charge is 0.0561 e. The highest BCUT2D eigenvalue weighted by atomic mass is 16.3. The second-order valence-corrected chi connectivity index (χ2v) is 4.27. The molecule has 2 rings (SSSR count). The summed E-state index contributed by atoms with van der Waals surface area (Å²) < 4.78 is 0. The predicted octanol–water partition coefficient (Wildman–Crippen LogP) is 1.78. The maximum absolute atomic E-state index is 9.63. The number of rotatable bonds is 1. The van der Waals surface area contributed by atoms with E-state index in [-0.39, 0.29) is 11.6 Å². The van der Waals surface area contributed by atoms with E-state index in [1.165, 1.54) is 0 Å². The second kappa shape index (κ2) is 3.71. The third kappa shape index (κ3) is 1.81. The molecule has 0 spiro atoms. The molecule has 0 bridgehead atoms. The van der Waals surface area contributed by atoms with Crippen molar-refractivity contribution in [2.75, 3.05) is 0 Å². The SMILES string of the molecule is NC1(c2ccccc2)CCCC(O)C1. The van der Waals surface area contributed by atoms with Crippen LogP contribution in [-0.2, 0) is 5.54 Å². The third-order valence-corrected chi connectivity index (χ3v) is 3.11. The van der Waals surface area contributed by atoms with Gasteiger partial charge < -0.3 is 10.8 Å². The molecule has 0 aliphatic heterocycles. The van der Waals surface area contributed by atoms with E-state index in [4.69, 9.17) is 5.73 Å². The molecular weight excluding hydrogens is 174 g/mol. The van der Waals surface area contributed by atoms with E-state index in [2.05, 4.69) is 12.1 Å². The normalized spacial score (nSPS) is 32.9. The average molecular weight is 191 g/mol. The van der Waals surface area contributed by atoms with Gasteiger partial charge in [-0.05, 0) is 31.2 Å². The summed E-state index contributed by atoms with van der Waals surface area (Å²) in [5.41, 5.74) is 7.16. The fourth-order valence-electron chi connectivity index (χ4n) is 2.31. The number of benzene rings is 1. The molecule has 0 radical (unpaired) electrons. The van der Waals surface area contributed by atoms with E-state index >= 15 is 0 Å². The second-order valence-electron chi connectivity index (χ2n) is 4.27. The van der Waals surface area contributed by atoms with E-state index < -0.39 is 0 Å². The van der Waals surface area contributed by atoms with E-state index in [1.54, 1.807) is 0 Å². The minimum Gasteiger partial charge on any atom is -0.393 e. The average Bonchev–Trinajstić information content (AvgIpc) is 2.19. The Bertz CT molecular complexity index is 298. The number of aliphatic hydroxyl groups excluding tert-OH is 1. The lowest BCUT2D eigenvalue weighted by Gasteiger charge is -2.36. The van der Waals surface area contributed by atoms with Crippen molar-refractivity contribution in [3.05, 3.63) is 35.9 Å². The van der Waals surface area contributed by atoms with Gasteiger partial charge in [0.1, 0.15) is 0 Å². The highest BCUT2D eigenvalue weighted by molar-refractivity contribution is 5.24. The molecule has 1 aliphatic carbocycles. The standard InChI is InChI=1S/C12H17NO/c13-12(8-4-7-11(14)9-12)10-5-2-1-3-6-10/h1-3,5-6,11,14H,4,7-9,13H2. The van der Waals surface area contributed by atoms with Crippen LogP contribution in [0.5, 0.6) is 0 Å². The largest absolute Gasteiger partial charge is 0.393 e. The van der Waals surface area contributed by atoms with Crippen LogP contribution in [-0.4, -0.2) is 11.2 Å². The molecule has 14 heavy (non-hydrogen) atoms. The molecule has 0 amide bonds. The first-order valence-corrected chi connectivity index (χ1v) is 5.23. The zero-order valence-electron chi connectivity index (χ0n) is 8.32. The maximum Gasteiger partial charge on any atom is 0.0561 e. The summed E-state index contributed by atoms with van der Waals surface area (Å²) in [6, 6.07) is 10.1. The van der Waals surface area contributed by atoms with Gasteiger partial charge in [-0.25, -0.2) is 0 Å². The Hall–Kier alpha value is -0.860. The predicted molar refractivity (Wildman–Crippen MR) is 56.8 cm³/mol. The molecule has 1 saturated carbocycles. The molecule has 2 unspecified atom stereocenters. The van der Waals surface area contributed by atoms with Gasteiger partial charge in [-0.3, -0.25) is 0 Å². The Morgan fingerprint density at radius 1 is 1.29 bits per heavy atom. The van der Waals surface area contributed by atoms with Crippen molar-refractivity contribution < 1.29 is 5.11 Å². The fraction of sp³-hybridized carbons (Fsp3) is 0.500. The van der Waals surface area contributed by atoms with Gasteiger partial charge in [-0.15, -0.1) is 0 Å². The first-order chi connectivity index (χ1) is 6.71. The number of hydrogen-bond acceptors (Lipinski definition) is 2. The molecule has 2 nitrogen and oxygen atoms in total. The summed E-state index contributed by atoms with van der Waals surface area (Å²) in [7, 11) is 0. The summed E-state index contributed by atoms with van der Waals surface area (Å²) >= 11 is 0. The van der Waals surface area contributed by atoms with Gasteiger partial charge in [0.05, 0.1) is 6.10 Å². The van der Waals surface area contributed by atoms with Gasteiger partial charge in [-0.1, -0.05) is 30.3 Å². The number of hydrogen-bond donors (Lipinski definition) is 2. The van der Waals surface area contributed by atoms with Crippen molar-refractivity contribution in [3.63, 3.8) is 0 Å². The quantitative estimate of drug-likeness (QED) is 0.710. The minimum atomic E-state index is -0.307. The lowest BCUT2D eigenvalue weighted by Crippen LogP contribution is -2.43. The van der Waals surface area contributed by atoms with Crippen molar-refractivity contribution in [2.24, 2.45) is 5.73 Å². The molecule has 0 aromatic heterocycles. The lowest BCUT2D eigenvalue weighted by atomic mass is 9.76. The Labute approximate surface area is 84.7 Å². The molecular formula is C12H17NO. The van der Waals surface area contributed by atoms with Gasteiger partial charge in [0.15, 0.2) is 0 Å². The van der Waals surface area contributed by atoms with Crippen LogP contribution >= 0.6 is 0 Å². The van der Waals surface area contributed by atoms with Gasteiger partial charge >= 0.3 is 0 Å². The maximum atomic E-state index is 9.63. The van der Waals surface area contributed by atoms with Gasteiger partial charge in [-0.2, -0.15) is 0 Å². The minimum absolute atomic E-state index is 0.228. The first kappa shape index (κ1) is 9.69. The topological polar surface area (TPSA) is 46.2 Å². The zero-order chi connectivity index (χ0) is 10.0. The Morgan fingerprint density at radius 2 is 2.00 bits per heavy atom. The van der Waals surface area contributed by atoms with Crippen molar-refractivity contribution in [2.45, 2.75) is 37.3 Å².